The van der Waals surface area contributed by atoms with Crippen molar-refractivity contribution in [2.45, 2.75) is 20.4 Å². The minimum atomic E-state index is 0.0195. The second-order valence-electron chi connectivity index (χ2n) is 5.75. The molecule has 0 spiro atoms. The van der Waals surface area contributed by atoms with Gasteiger partial charge in [0.05, 0.1) is 0 Å². The molecule has 1 aromatic heterocycles. The average molecular weight is 333 g/mol. The Kier molecular flexibility index (Phi) is 4.57. The van der Waals surface area contributed by atoms with Gasteiger partial charge in [-0.05, 0) is 38.1 Å². The second-order valence-corrected chi connectivity index (χ2v) is 6.18. The number of anilines is 1. The first kappa shape index (κ1) is 15.9. The van der Waals surface area contributed by atoms with Crippen LogP contribution in [0.1, 0.15) is 23.1 Å². The van der Waals surface area contributed by atoms with Gasteiger partial charge in [-0.3, -0.25) is 9.48 Å². The first-order chi connectivity index (χ1) is 11.1. The van der Waals surface area contributed by atoms with E-state index in [1.165, 1.54) is 0 Å². The maximum Gasteiger partial charge on any atom is 0.274 e. The number of amides is 1. The van der Waals surface area contributed by atoms with Gasteiger partial charge in [0.25, 0.3) is 5.91 Å². The van der Waals surface area contributed by atoms with Gasteiger partial charge in [0, 0.05) is 49.1 Å². The summed E-state index contributed by atoms with van der Waals surface area (Å²) in [7, 11) is 0. The molecule has 0 radical (unpaired) electrons. The number of hydrogen-bond donors (Lipinski definition) is 0. The number of hydrogen-bond acceptors (Lipinski definition) is 3. The van der Waals surface area contributed by atoms with Crippen LogP contribution < -0.4 is 4.90 Å². The zero-order valence-corrected chi connectivity index (χ0v) is 14.3. The van der Waals surface area contributed by atoms with Gasteiger partial charge in [-0.25, -0.2) is 0 Å². The van der Waals surface area contributed by atoms with Crippen LogP contribution in [0.2, 0.25) is 5.02 Å². The van der Waals surface area contributed by atoms with E-state index in [0.717, 1.165) is 36.0 Å². The lowest BCUT2D eigenvalue weighted by Gasteiger charge is -2.35. The van der Waals surface area contributed by atoms with E-state index in [1.807, 2.05) is 47.7 Å². The number of piperazine rings is 1. The molecule has 5 nitrogen and oxygen atoms in total. The zero-order chi connectivity index (χ0) is 16.4. The van der Waals surface area contributed by atoms with E-state index >= 15 is 0 Å². The lowest BCUT2D eigenvalue weighted by molar-refractivity contribution is 0.0740. The smallest absolute Gasteiger partial charge is 0.274 e. The van der Waals surface area contributed by atoms with Crippen molar-refractivity contribution in [2.75, 3.05) is 31.1 Å². The Morgan fingerprint density at radius 3 is 2.57 bits per heavy atom. The molecule has 23 heavy (non-hydrogen) atoms. The van der Waals surface area contributed by atoms with Crippen LogP contribution in [0.3, 0.4) is 0 Å². The van der Waals surface area contributed by atoms with Crippen LogP contribution in [-0.4, -0.2) is 46.8 Å². The van der Waals surface area contributed by atoms with Crippen molar-refractivity contribution in [3.05, 3.63) is 46.7 Å². The van der Waals surface area contributed by atoms with Gasteiger partial charge in [-0.2, -0.15) is 5.10 Å². The van der Waals surface area contributed by atoms with Crippen LogP contribution in [0.5, 0.6) is 0 Å². The molecule has 0 saturated carbocycles. The molecule has 1 aliphatic heterocycles. The summed E-state index contributed by atoms with van der Waals surface area (Å²) in [5, 5.41) is 5.12. The zero-order valence-electron chi connectivity index (χ0n) is 13.5. The molecular weight excluding hydrogens is 312 g/mol. The summed E-state index contributed by atoms with van der Waals surface area (Å²) in [6, 6.07) is 9.71. The minimum absolute atomic E-state index is 0.0195. The molecule has 2 heterocycles. The van der Waals surface area contributed by atoms with Gasteiger partial charge in [0.2, 0.25) is 0 Å². The number of aryl methyl sites for hydroxylation is 2. The molecule has 1 fully saturated rings. The van der Waals surface area contributed by atoms with Gasteiger partial charge in [-0.15, -0.1) is 0 Å². The fourth-order valence-electron chi connectivity index (χ4n) is 2.94. The van der Waals surface area contributed by atoms with E-state index in [9.17, 15) is 4.79 Å². The Morgan fingerprint density at radius 1 is 1.22 bits per heavy atom. The van der Waals surface area contributed by atoms with Crippen molar-refractivity contribution in [3.63, 3.8) is 0 Å². The number of carbonyl (C=O) groups excluding carboxylic acids is 1. The average Bonchev–Trinajstić information content (AvgIpc) is 2.95. The number of halogens is 1. The van der Waals surface area contributed by atoms with Gasteiger partial charge < -0.3 is 9.80 Å². The largest absolute Gasteiger partial charge is 0.368 e. The van der Waals surface area contributed by atoms with Crippen molar-refractivity contribution in [3.8, 4) is 0 Å². The van der Waals surface area contributed by atoms with E-state index in [2.05, 4.69) is 16.1 Å². The molecule has 2 aromatic rings. The van der Waals surface area contributed by atoms with E-state index in [0.29, 0.717) is 18.8 Å². The molecular formula is C17H21ClN4O. The highest BCUT2D eigenvalue weighted by Gasteiger charge is 2.24. The van der Waals surface area contributed by atoms with Crippen molar-refractivity contribution >= 4 is 23.2 Å². The SMILES string of the molecule is CCn1nc(C(=O)N2CCN(c3cccc(Cl)c3)CC2)cc1C. The highest BCUT2D eigenvalue weighted by Crippen LogP contribution is 2.21. The quantitative estimate of drug-likeness (QED) is 0.868. The van der Waals surface area contributed by atoms with Crippen molar-refractivity contribution in [1.82, 2.24) is 14.7 Å². The summed E-state index contributed by atoms with van der Waals surface area (Å²) in [5.74, 6) is 0.0195. The van der Waals surface area contributed by atoms with Gasteiger partial charge in [-0.1, -0.05) is 17.7 Å². The Bertz CT molecular complexity index is 704. The van der Waals surface area contributed by atoms with Crippen LogP contribution >= 0.6 is 11.6 Å². The predicted octanol–water partition coefficient (Wildman–Crippen LogP) is 2.83. The topological polar surface area (TPSA) is 41.4 Å². The molecule has 1 aliphatic rings. The Hall–Kier alpha value is -2.01. The normalized spacial score (nSPS) is 15.1. The number of carbonyl (C=O) groups is 1. The van der Waals surface area contributed by atoms with Crippen LogP contribution in [0, 0.1) is 6.92 Å². The van der Waals surface area contributed by atoms with Crippen LogP contribution in [-0.2, 0) is 6.54 Å². The fourth-order valence-corrected chi connectivity index (χ4v) is 3.12. The molecule has 0 unspecified atom stereocenters. The molecule has 0 atom stereocenters. The molecule has 3 rings (SSSR count). The molecule has 122 valence electrons. The van der Waals surface area contributed by atoms with Gasteiger partial charge in [0.15, 0.2) is 5.69 Å². The highest BCUT2D eigenvalue weighted by molar-refractivity contribution is 6.30. The van der Waals surface area contributed by atoms with Crippen LogP contribution in [0.25, 0.3) is 0 Å². The number of nitrogens with zero attached hydrogens (tertiary/aromatic N) is 4. The van der Waals surface area contributed by atoms with Crippen molar-refractivity contribution < 1.29 is 4.79 Å². The molecule has 1 aromatic carbocycles. The van der Waals surface area contributed by atoms with E-state index in [1.54, 1.807) is 0 Å². The van der Waals surface area contributed by atoms with Crippen molar-refractivity contribution in [2.24, 2.45) is 0 Å². The summed E-state index contributed by atoms with van der Waals surface area (Å²) >= 11 is 6.05. The fraction of sp³-hybridized carbons (Fsp3) is 0.412. The third kappa shape index (κ3) is 3.34. The summed E-state index contributed by atoms with van der Waals surface area (Å²) < 4.78 is 1.86. The lowest BCUT2D eigenvalue weighted by atomic mass is 10.2. The van der Waals surface area contributed by atoms with E-state index in [-0.39, 0.29) is 5.91 Å². The Morgan fingerprint density at radius 2 is 1.96 bits per heavy atom. The third-order valence-corrected chi connectivity index (χ3v) is 4.48. The van der Waals surface area contributed by atoms with Crippen LogP contribution in [0.4, 0.5) is 5.69 Å². The number of rotatable bonds is 3. The standard InChI is InChI=1S/C17H21ClN4O/c1-3-22-13(2)11-16(19-22)17(23)21-9-7-20(8-10-21)15-6-4-5-14(18)12-15/h4-6,11-12H,3,7-10H2,1-2H3. The third-order valence-electron chi connectivity index (χ3n) is 4.24. The molecule has 6 heteroatoms. The van der Waals surface area contributed by atoms with E-state index < -0.39 is 0 Å². The summed E-state index contributed by atoms with van der Waals surface area (Å²) in [5.41, 5.74) is 2.67. The maximum atomic E-state index is 12.6. The first-order valence-electron chi connectivity index (χ1n) is 7.92. The Labute approximate surface area is 141 Å². The minimum Gasteiger partial charge on any atom is -0.368 e. The number of aromatic nitrogens is 2. The molecule has 1 amide bonds. The lowest BCUT2D eigenvalue weighted by Crippen LogP contribution is -2.48. The van der Waals surface area contributed by atoms with Gasteiger partial charge in [0.1, 0.15) is 0 Å². The first-order valence-corrected chi connectivity index (χ1v) is 8.30. The summed E-state index contributed by atoms with van der Waals surface area (Å²) in [6.07, 6.45) is 0. The second kappa shape index (κ2) is 6.62. The van der Waals surface area contributed by atoms with E-state index in [4.69, 9.17) is 11.6 Å². The van der Waals surface area contributed by atoms with Gasteiger partial charge >= 0.3 is 0 Å². The predicted molar refractivity (Wildman–Crippen MR) is 92.2 cm³/mol. The molecule has 1 saturated heterocycles. The highest BCUT2D eigenvalue weighted by atomic mass is 35.5. The van der Waals surface area contributed by atoms with Crippen molar-refractivity contribution in [1.29, 1.82) is 0 Å². The summed E-state index contributed by atoms with van der Waals surface area (Å²) in [4.78, 5) is 16.7. The molecule has 0 N–H and O–H groups in total. The molecule has 0 aliphatic carbocycles. The summed E-state index contributed by atoms with van der Waals surface area (Å²) in [6.45, 7) is 7.79. The number of benzene rings is 1. The monoisotopic (exact) mass is 332 g/mol. The maximum absolute atomic E-state index is 12.6. The van der Waals surface area contributed by atoms with Crippen LogP contribution in [0.15, 0.2) is 30.3 Å². The Balaban J connectivity index is 1.65. The molecule has 0 bridgehead atoms.